The van der Waals surface area contributed by atoms with Gasteiger partial charge in [-0.25, -0.2) is 8.78 Å². The van der Waals surface area contributed by atoms with Crippen molar-refractivity contribution in [1.82, 2.24) is 0 Å². The maximum absolute atomic E-state index is 13.1. The van der Waals surface area contributed by atoms with Gasteiger partial charge < -0.3 is 0 Å². The monoisotopic (exact) mass is 302 g/mol. The lowest BCUT2D eigenvalue weighted by Crippen LogP contribution is -2.26. The van der Waals surface area contributed by atoms with Crippen LogP contribution in [0.5, 0.6) is 0 Å². The zero-order chi connectivity index (χ0) is 12.5. The molecule has 0 spiro atoms. The van der Waals surface area contributed by atoms with E-state index < -0.39 is 5.92 Å². The van der Waals surface area contributed by atoms with Crippen LogP contribution in [0.3, 0.4) is 0 Å². The molecule has 0 saturated heterocycles. The fourth-order valence-electron chi connectivity index (χ4n) is 2.60. The molecule has 0 nitrogen and oxygen atoms in total. The summed E-state index contributed by atoms with van der Waals surface area (Å²) in [5.74, 6) is -1.65. The Morgan fingerprint density at radius 3 is 2.24 bits per heavy atom. The van der Waals surface area contributed by atoms with Gasteiger partial charge >= 0.3 is 0 Å². The summed E-state index contributed by atoms with van der Waals surface area (Å²) in [6.07, 6.45) is 1.39. The first-order valence-corrected chi connectivity index (χ1v) is 6.90. The van der Waals surface area contributed by atoms with E-state index in [1.165, 1.54) is 5.56 Å². The Balaban J connectivity index is 2.01. The van der Waals surface area contributed by atoms with Gasteiger partial charge in [0.15, 0.2) is 0 Å². The maximum Gasteiger partial charge on any atom is 0.248 e. The van der Waals surface area contributed by atoms with Crippen molar-refractivity contribution >= 4 is 15.9 Å². The standard InChI is InChI=1S/C14H17BrF2/c1-10(11-2-4-13(15)5-3-11)12-6-8-14(16,17)9-7-12/h2-5,10,12H,6-9H2,1H3. The summed E-state index contributed by atoms with van der Waals surface area (Å²) in [5, 5.41) is 0. The average Bonchev–Trinajstić information content (AvgIpc) is 2.29. The Morgan fingerprint density at radius 2 is 1.71 bits per heavy atom. The largest absolute Gasteiger partial charge is 0.248 e. The van der Waals surface area contributed by atoms with Crippen molar-refractivity contribution in [2.24, 2.45) is 5.92 Å². The minimum absolute atomic E-state index is 0.0541. The van der Waals surface area contributed by atoms with Gasteiger partial charge in [-0.2, -0.15) is 0 Å². The van der Waals surface area contributed by atoms with Crippen molar-refractivity contribution in [3.63, 3.8) is 0 Å². The Kier molecular flexibility index (Phi) is 3.86. The second-order valence-electron chi connectivity index (χ2n) is 5.03. The van der Waals surface area contributed by atoms with Crippen LogP contribution in [0.4, 0.5) is 8.78 Å². The third-order valence-electron chi connectivity index (χ3n) is 3.86. The molecule has 1 saturated carbocycles. The van der Waals surface area contributed by atoms with Crippen LogP contribution >= 0.6 is 15.9 Å². The lowest BCUT2D eigenvalue weighted by molar-refractivity contribution is -0.0479. The first-order chi connectivity index (χ1) is 7.98. The fraction of sp³-hybridized carbons (Fsp3) is 0.571. The van der Waals surface area contributed by atoms with E-state index in [4.69, 9.17) is 0 Å². The van der Waals surface area contributed by atoms with Crippen molar-refractivity contribution in [3.05, 3.63) is 34.3 Å². The van der Waals surface area contributed by atoms with Gasteiger partial charge in [0.25, 0.3) is 0 Å². The Bertz CT molecular complexity index is 362. The molecule has 1 aromatic rings. The molecule has 0 N–H and O–H groups in total. The second-order valence-corrected chi connectivity index (χ2v) is 5.95. The molecule has 1 aliphatic carbocycles. The molecule has 1 aliphatic rings. The van der Waals surface area contributed by atoms with Crippen LogP contribution in [0.1, 0.15) is 44.1 Å². The Hall–Kier alpha value is -0.440. The van der Waals surface area contributed by atoms with E-state index >= 15 is 0 Å². The highest BCUT2D eigenvalue weighted by Crippen LogP contribution is 2.42. The van der Waals surface area contributed by atoms with Gasteiger partial charge in [0.2, 0.25) is 5.92 Å². The number of hydrogen-bond acceptors (Lipinski definition) is 0. The maximum atomic E-state index is 13.1. The van der Waals surface area contributed by atoms with E-state index in [2.05, 4.69) is 35.0 Å². The predicted molar refractivity (Wildman–Crippen MR) is 69.5 cm³/mol. The zero-order valence-corrected chi connectivity index (χ0v) is 11.5. The molecule has 0 aromatic heterocycles. The summed E-state index contributed by atoms with van der Waals surface area (Å²) in [4.78, 5) is 0. The summed E-state index contributed by atoms with van der Waals surface area (Å²) in [6, 6.07) is 8.20. The van der Waals surface area contributed by atoms with Crippen molar-refractivity contribution < 1.29 is 8.78 Å². The molecule has 1 atom stereocenters. The number of hydrogen-bond donors (Lipinski definition) is 0. The van der Waals surface area contributed by atoms with E-state index in [0.717, 1.165) is 4.47 Å². The van der Waals surface area contributed by atoms with Crippen LogP contribution in [0.25, 0.3) is 0 Å². The van der Waals surface area contributed by atoms with E-state index in [1.54, 1.807) is 0 Å². The summed E-state index contributed by atoms with van der Waals surface area (Å²) in [6.45, 7) is 2.15. The van der Waals surface area contributed by atoms with Crippen molar-refractivity contribution in [3.8, 4) is 0 Å². The summed E-state index contributed by atoms with van der Waals surface area (Å²) < 4.78 is 27.2. The Labute approximate surface area is 110 Å². The van der Waals surface area contributed by atoms with Crippen LogP contribution in [-0.4, -0.2) is 5.92 Å². The summed E-state index contributed by atoms with van der Waals surface area (Å²) in [5.41, 5.74) is 1.25. The van der Waals surface area contributed by atoms with Crippen LogP contribution in [0.15, 0.2) is 28.7 Å². The topological polar surface area (TPSA) is 0 Å². The van der Waals surface area contributed by atoms with Gasteiger partial charge in [0.1, 0.15) is 0 Å². The first-order valence-electron chi connectivity index (χ1n) is 6.11. The number of halogens is 3. The minimum Gasteiger partial charge on any atom is -0.207 e. The number of rotatable bonds is 2. The normalized spacial score (nSPS) is 22.4. The van der Waals surface area contributed by atoms with Gasteiger partial charge in [-0.3, -0.25) is 0 Å². The lowest BCUT2D eigenvalue weighted by Gasteiger charge is -2.32. The third-order valence-corrected chi connectivity index (χ3v) is 4.39. The summed E-state index contributed by atoms with van der Waals surface area (Å²) >= 11 is 3.41. The highest BCUT2D eigenvalue weighted by molar-refractivity contribution is 9.10. The molecule has 2 rings (SSSR count). The zero-order valence-electron chi connectivity index (χ0n) is 9.93. The molecule has 1 fully saturated rings. The third kappa shape index (κ3) is 3.27. The molecule has 0 radical (unpaired) electrons. The van der Waals surface area contributed by atoms with Gasteiger partial charge in [0.05, 0.1) is 0 Å². The van der Waals surface area contributed by atoms with Gasteiger partial charge in [-0.05, 0) is 42.4 Å². The predicted octanol–water partition coefficient (Wildman–Crippen LogP) is 5.38. The van der Waals surface area contributed by atoms with Crippen LogP contribution in [0, 0.1) is 5.92 Å². The highest BCUT2D eigenvalue weighted by Gasteiger charge is 2.36. The van der Waals surface area contributed by atoms with Crippen molar-refractivity contribution in [1.29, 1.82) is 0 Å². The van der Waals surface area contributed by atoms with Gasteiger partial charge in [-0.15, -0.1) is 0 Å². The fourth-order valence-corrected chi connectivity index (χ4v) is 2.87. The number of alkyl halides is 2. The van der Waals surface area contributed by atoms with E-state index in [-0.39, 0.29) is 12.8 Å². The molecule has 0 bridgehead atoms. The highest BCUT2D eigenvalue weighted by atomic mass is 79.9. The summed E-state index contributed by atoms with van der Waals surface area (Å²) in [7, 11) is 0. The molecule has 1 aromatic carbocycles. The molecular weight excluding hydrogens is 286 g/mol. The first kappa shape index (κ1) is 13.0. The van der Waals surface area contributed by atoms with E-state index in [1.807, 2.05) is 12.1 Å². The molecule has 3 heteroatoms. The van der Waals surface area contributed by atoms with Crippen LogP contribution in [-0.2, 0) is 0 Å². The molecule has 1 unspecified atom stereocenters. The average molecular weight is 303 g/mol. The van der Waals surface area contributed by atoms with E-state index in [0.29, 0.717) is 24.7 Å². The van der Waals surface area contributed by atoms with Crippen LogP contribution < -0.4 is 0 Å². The van der Waals surface area contributed by atoms with Gasteiger partial charge in [0, 0.05) is 17.3 Å². The quantitative estimate of drug-likeness (QED) is 0.688. The van der Waals surface area contributed by atoms with Crippen molar-refractivity contribution in [2.75, 3.05) is 0 Å². The smallest absolute Gasteiger partial charge is 0.207 e. The molecule has 0 amide bonds. The molecular formula is C14H17BrF2. The second kappa shape index (κ2) is 5.05. The number of benzene rings is 1. The van der Waals surface area contributed by atoms with E-state index in [9.17, 15) is 8.78 Å². The minimum atomic E-state index is -2.42. The molecule has 94 valence electrons. The lowest BCUT2D eigenvalue weighted by atomic mass is 9.77. The molecule has 17 heavy (non-hydrogen) atoms. The van der Waals surface area contributed by atoms with Crippen molar-refractivity contribution in [2.45, 2.75) is 44.4 Å². The van der Waals surface area contributed by atoms with Gasteiger partial charge in [-0.1, -0.05) is 35.0 Å². The molecule has 0 aliphatic heterocycles. The van der Waals surface area contributed by atoms with Crippen LogP contribution in [0.2, 0.25) is 0 Å². The molecule has 0 heterocycles. The Morgan fingerprint density at radius 1 is 1.18 bits per heavy atom. The SMILES string of the molecule is CC(c1ccc(Br)cc1)C1CCC(F)(F)CC1.